The van der Waals surface area contributed by atoms with E-state index >= 15 is 0 Å². The summed E-state index contributed by atoms with van der Waals surface area (Å²) in [6.45, 7) is 3.73. The van der Waals surface area contributed by atoms with Crippen LogP contribution >= 0.6 is 0 Å². The van der Waals surface area contributed by atoms with E-state index in [1.807, 2.05) is 0 Å². The molecule has 0 unspecified atom stereocenters. The van der Waals surface area contributed by atoms with Crippen LogP contribution in [0.2, 0.25) is 0 Å². The Morgan fingerprint density at radius 1 is 1.47 bits per heavy atom. The fourth-order valence-corrected chi connectivity index (χ4v) is 1.86. The highest BCUT2D eigenvalue weighted by Gasteiger charge is 2.19. The normalized spacial score (nSPS) is 11.8. The lowest BCUT2D eigenvalue weighted by Gasteiger charge is -2.23. The van der Waals surface area contributed by atoms with Crippen molar-refractivity contribution in [1.29, 1.82) is 0 Å². The molecular formula is C13H16N2O4. The van der Waals surface area contributed by atoms with E-state index in [2.05, 4.69) is 4.98 Å². The molecule has 0 amide bonds. The molecular weight excluding hydrogens is 248 g/mol. The Morgan fingerprint density at radius 2 is 2.16 bits per heavy atom. The van der Waals surface area contributed by atoms with Crippen molar-refractivity contribution in [2.75, 3.05) is 18.5 Å². The topological polar surface area (TPSA) is 86.8 Å². The van der Waals surface area contributed by atoms with E-state index < -0.39 is 11.6 Å². The zero-order chi connectivity index (χ0) is 14.2. The van der Waals surface area contributed by atoms with E-state index in [1.165, 1.54) is 12.1 Å². The minimum atomic E-state index is -1.01. The molecule has 1 aromatic heterocycles. The Hall–Kier alpha value is -2.08. The van der Waals surface area contributed by atoms with Crippen LogP contribution in [-0.2, 0) is 0 Å². The molecule has 0 spiro atoms. The van der Waals surface area contributed by atoms with Gasteiger partial charge < -0.3 is 19.5 Å². The summed E-state index contributed by atoms with van der Waals surface area (Å²) in [5.74, 6) is -1.01. The molecule has 1 heterocycles. The fourth-order valence-electron chi connectivity index (χ4n) is 1.86. The van der Waals surface area contributed by atoms with Gasteiger partial charge in [0.05, 0.1) is 17.7 Å². The first-order valence-corrected chi connectivity index (χ1v) is 5.84. The van der Waals surface area contributed by atoms with Crippen LogP contribution in [0.15, 0.2) is 22.6 Å². The molecule has 19 heavy (non-hydrogen) atoms. The number of hydrogen-bond donors (Lipinski definition) is 2. The molecule has 6 nitrogen and oxygen atoms in total. The molecule has 0 radical (unpaired) electrons. The fraction of sp³-hybridized carbons (Fsp3) is 0.385. The third-order valence-electron chi connectivity index (χ3n) is 2.57. The van der Waals surface area contributed by atoms with E-state index in [4.69, 9.17) is 9.52 Å². The van der Waals surface area contributed by atoms with Crippen molar-refractivity contribution in [3.8, 4) is 0 Å². The number of aliphatic hydroxyl groups is 1. The molecule has 0 bridgehead atoms. The molecule has 102 valence electrons. The number of carboxylic acids is 1. The van der Waals surface area contributed by atoms with E-state index in [1.54, 1.807) is 31.9 Å². The second kappa shape index (κ2) is 4.55. The van der Waals surface area contributed by atoms with Crippen LogP contribution in [0.5, 0.6) is 0 Å². The number of aromatic nitrogens is 1. The summed E-state index contributed by atoms with van der Waals surface area (Å²) < 4.78 is 5.51. The van der Waals surface area contributed by atoms with Crippen LogP contribution in [0, 0.1) is 0 Å². The summed E-state index contributed by atoms with van der Waals surface area (Å²) in [6.07, 6.45) is 0. The van der Waals surface area contributed by atoms with Gasteiger partial charge >= 0.3 is 5.97 Å². The Kier molecular flexibility index (Phi) is 3.20. The number of fused-ring (bicyclic) bond motifs is 1. The van der Waals surface area contributed by atoms with Crippen molar-refractivity contribution < 1.29 is 19.4 Å². The maximum absolute atomic E-state index is 10.9. The molecule has 0 aliphatic rings. The van der Waals surface area contributed by atoms with Gasteiger partial charge in [-0.25, -0.2) is 4.79 Å². The second-order valence-electron chi connectivity index (χ2n) is 5.15. The zero-order valence-corrected chi connectivity index (χ0v) is 11.0. The van der Waals surface area contributed by atoms with Crippen molar-refractivity contribution in [3.05, 3.63) is 23.8 Å². The standard InChI is InChI=1S/C13H16N2O4/c1-13(2,18)7-15(3)12-14-9-5-4-8(11(16)17)6-10(9)19-12/h4-6,18H,7H2,1-3H3,(H,16,17). The number of oxazole rings is 1. The van der Waals surface area contributed by atoms with Crippen molar-refractivity contribution in [1.82, 2.24) is 4.98 Å². The molecule has 2 aromatic rings. The number of rotatable bonds is 4. The average molecular weight is 264 g/mol. The maximum Gasteiger partial charge on any atom is 0.335 e. The third kappa shape index (κ3) is 3.03. The van der Waals surface area contributed by atoms with Crippen molar-refractivity contribution in [2.45, 2.75) is 19.4 Å². The lowest BCUT2D eigenvalue weighted by Crippen LogP contribution is -2.36. The SMILES string of the molecule is CN(CC(C)(C)O)c1nc2ccc(C(=O)O)cc2o1. The number of carbonyl (C=O) groups is 1. The molecule has 0 saturated carbocycles. The van der Waals surface area contributed by atoms with Crippen LogP contribution < -0.4 is 4.90 Å². The Labute approximate surface area is 110 Å². The molecule has 0 aliphatic heterocycles. The third-order valence-corrected chi connectivity index (χ3v) is 2.57. The van der Waals surface area contributed by atoms with Gasteiger partial charge in [0.25, 0.3) is 6.01 Å². The van der Waals surface area contributed by atoms with E-state index in [0.29, 0.717) is 23.7 Å². The number of aromatic carboxylic acids is 1. The summed E-state index contributed by atoms with van der Waals surface area (Å²) in [5.41, 5.74) is 0.280. The highest BCUT2D eigenvalue weighted by molar-refractivity contribution is 5.92. The van der Waals surface area contributed by atoms with Crippen molar-refractivity contribution in [3.63, 3.8) is 0 Å². The molecule has 0 aliphatic carbocycles. The average Bonchev–Trinajstić information content (AvgIpc) is 2.68. The summed E-state index contributed by atoms with van der Waals surface area (Å²) in [6, 6.07) is 4.86. The number of carboxylic acid groups (broad SMARTS) is 1. The molecule has 0 saturated heterocycles. The number of likely N-dealkylation sites (N-methyl/N-ethyl adjacent to an activating group) is 1. The smallest absolute Gasteiger partial charge is 0.335 e. The van der Waals surface area contributed by atoms with E-state index in [0.717, 1.165) is 0 Å². The van der Waals surface area contributed by atoms with Gasteiger partial charge in [-0.1, -0.05) is 0 Å². The first-order valence-electron chi connectivity index (χ1n) is 5.84. The minimum Gasteiger partial charge on any atom is -0.478 e. The maximum atomic E-state index is 10.9. The van der Waals surface area contributed by atoms with Crippen molar-refractivity contribution >= 4 is 23.1 Å². The number of hydrogen-bond acceptors (Lipinski definition) is 5. The molecule has 6 heteroatoms. The zero-order valence-electron chi connectivity index (χ0n) is 11.0. The minimum absolute atomic E-state index is 0.153. The summed E-state index contributed by atoms with van der Waals surface area (Å²) >= 11 is 0. The molecule has 2 N–H and O–H groups in total. The predicted molar refractivity (Wildman–Crippen MR) is 70.5 cm³/mol. The first-order chi connectivity index (χ1) is 8.76. The summed E-state index contributed by atoms with van der Waals surface area (Å²) in [7, 11) is 1.75. The summed E-state index contributed by atoms with van der Waals surface area (Å²) in [4.78, 5) is 16.8. The Morgan fingerprint density at radius 3 is 2.74 bits per heavy atom. The Balaban J connectivity index is 2.33. The number of benzene rings is 1. The van der Waals surface area contributed by atoms with Crippen molar-refractivity contribution in [2.24, 2.45) is 0 Å². The van der Waals surface area contributed by atoms with Gasteiger partial charge in [-0.15, -0.1) is 0 Å². The summed E-state index contributed by atoms with van der Waals surface area (Å²) in [5, 5.41) is 18.7. The van der Waals surface area contributed by atoms with Crippen LogP contribution in [0.4, 0.5) is 6.01 Å². The first kappa shape index (κ1) is 13.4. The van der Waals surface area contributed by atoms with Crippen LogP contribution in [0.25, 0.3) is 11.1 Å². The van der Waals surface area contributed by atoms with Crippen LogP contribution in [-0.4, -0.2) is 40.4 Å². The van der Waals surface area contributed by atoms with Crippen LogP contribution in [0.1, 0.15) is 24.2 Å². The molecule has 0 atom stereocenters. The highest BCUT2D eigenvalue weighted by atomic mass is 16.4. The van der Waals surface area contributed by atoms with E-state index in [-0.39, 0.29) is 5.56 Å². The predicted octanol–water partition coefficient (Wildman–Crippen LogP) is 1.73. The lowest BCUT2D eigenvalue weighted by atomic mass is 10.1. The van der Waals surface area contributed by atoms with Gasteiger partial charge in [-0.3, -0.25) is 0 Å². The van der Waals surface area contributed by atoms with Gasteiger partial charge in [0.1, 0.15) is 5.52 Å². The second-order valence-corrected chi connectivity index (χ2v) is 5.15. The largest absolute Gasteiger partial charge is 0.478 e. The Bertz CT molecular complexity index is 613. The van der Waals surface area contributed by atoms with Crippen LogP contribution in [0.3, 0.4) is 0 Å². The molecule has 1 aromatic carbocycles. The molecule has 2 rings (SSSR count). The quantitative estimate of drug-likeness (QED) is 0.874. The van der Waals surface area contributed by atoms with Gasteiger partial charge in [-0.05, 0) is 32.0 Å². The van der Waals surface area contributed by atoms with E-state index in [9.17, 15) is 9.90 Å². The van der Waals surface area contributed by atoms with Gasteiger partial charge in [0, 0.05) is 7.05 Å². The highest BCUT2D eigenvalue weighted by Crippen LogP contribution is 2.23. The monoisotopic (exact) mass is 264 g/mol. The molecule has 0 fully saturated rings. The van der Waals surface area contributed by atoms with Gasteiger partial charge in [0.15, 0.2) is 5.58 Å². The van der Waals surface area contributed by atoms with Gasteiger partial charge in [0.2, 0.25) is 0 Å². The lowest BCUT2D eigenvalue weighted by molar-refractivity contribution is 0.0696. The number of anilines is 1. The van der Waals surface area contributed by atoms with Gasteiger partial charge in [-0.2, -0.15) is 4.98 Å². The number of nitrogens with zero attached hydrogens (tertiary/aromatic N) is 2.